The van der Waals surface area contributed by atoms with Crippen LogP contribution in [-0.4, -0.2) is 123 Å². The van der Waals surface area contributed by atoms with Crippen molar-refractivity contribution in [2.75, 3.05) is 30.4 Å². The highest BCUT2D eigenvalue weighted by atomic mass is 16.7. The van der Waals surface area contributed by atoms with E-state index in [0.29, 0.717) is 17.9 Å². The molecule has 1 aromatic carbocycles. The van der Waals surface area contributed by atoms with Gasteiger partial charge in [-0.2, -0.15) is 0 Å². The molecule has 0 bridgehead atoms. The standard InChI is InChI=1S/C27H45N3O11/c1-2-3-4-5-6-7-12-28-27(38)30-16-10-8-15(9-11-16)29-25-22(36)21(35)24(18(14-32)39-25)41-26-23(37)20(34)19(33)17(13-31)40-26/h8-11,17-26,29,31-37H,2-7,12-14H2,1H3,(H2,28,30,38). The number of carbonyl (C=O) groups excluding carboxylic acids is 1. The van der Waals surface area contributed by atoms with Gasteiger partial charge in [-0.1, -0.05) is 39.0 Å². The molecule has 0 spiro atoms. The number of anilines is 2. The van der Waals surface area contributed by atoms with Crippen molar-refractivity contribution in [2.24, 2.45) is 0 Å². The maximum Gasteiger partial charge on any atom is 0.319 e. The molecular formula is C27H45N3O11. The smallest absolute Gasteiger partial charge is 0.319 e. The molecule has 2 saturated heterocycles. The zero-order chi connectivity index (χ0) is 29.9. The summed E-state index contributed by atoms with van der Waals surface area (Å²) >= 11 is 0. The zero-order valence-electron chi connectivity index (χ0n) is 23.2. The predicted molar refractivity (Wildman–Crippen MR) is 147 cm³/mol. The summed E-state index contributed by atoms with van der Waals surface area (Å²) in [6.45, 7) is 1.44. The molecule has 2 fully saturated rings. The van der Waals surface area contributed by atoms with Crippen LogP contribution in [0.15, 0.2) is 24.3 Å². The molecule has 41 heavy (non-hydrogen) atoms. The van der Waals surface area contributed by atoms with Crippen molar-refractivity contribution in [3.63, 3.8) is 0 Å². The minimum atomic E-state index is -1.74. The van der Waals surface area contributed by atoms with E-state index in [-0.39, 0.29) is 6.03 Å². The van der Waals surface area contributed by atoms with Gasteiger partial charge in [-0.05, 0) is 30.7 Å². The summed E-state index contributed by atoms with van der Waals surface area (Å²) < 4.78 is 16.6. The zero-order valence-corrected chi connectivity index (χ0v) is 23.2. The predicted octanol–water partition coefficient (Wildman–Crippen LogP) is -0.795. The van der Waals surface area contributed by atoms with E-state index < -0.39 is 74.6 Å². The van der Waals surface area contributed by atoms with Gasteiger partial charge in [0.2, 0.25) is 0 Å². The number of hydrogen-bond donors (Lipinski definition) is 10. The lowest BCUT2D eigenvalue weighted by atomic mass is 9.96. The topological polar surface area (TPSA) is 222 Å². The fourth-order valence-electron chi connectivity index (χ4n) is 4.81. The maximum atomic E-state index is 12.1. The largest absolute Gasteiger partial charge is 0.394 e. The number of ether oxygens (including phenoxy) is 3. The number of aliphatic hydroxyl groups excluding tert-OH is 7. The van der Waals surface area contributed by atoms with E-state index in [2.05, 4.69) is 22.9 Å². The summed E-state index contributed by atoms with van der Waals surface area (Å²) in [5.41, 5.74) is 1.03. The van der Waals surface area contributed by atoms with Gasteiger partial charge >= 0.3 is 6.03 Å². The average Bonchev–Trinajstić information content (AvgIpc) is 2.97. The van der Waals surface area contributed by atoms with Gasteiger partial charge in [0.1, 0.15) is 48.8 Å². The molecular weight excluding hydrogens is 542 g/mol. The number of aliphatic hydroxyl groups is 7. The summed E-state index contributed by atoms with van der Waals surface area (Å²) in [6.07, 6.45) is -8.03. The van der Waals surface area contributed by atoms with Crippen LogP contribution in [0.4, 0.5) is 16.2 Å². The minimum Gasteiger partial charge on any atom is -0.394 e. The van der Waals surface area contributed by atoms with Crippen LogP contribution in [0.25, 0.3) is 0 Å². The van der Waals surface area contributed by atoms with E-state index in [9.17, 15) is 40.5 Å². The SMILES string of the molecule is CCCCCCCCNC(=O)Nc1ccc(NC2OC(CO)C(OC3OC(CO)C(O)C(O)C3O)C(O)C2O)cc1. The molecule has 2 heterocycles. The van der Waals surface area contributed by atoms with E-state index in [1.165, 1.54) is 19.3 Å². The van der Waals surface area contributed by atoms with Crippen molar-refractivity contribution in [1.29, 1.82) is 0 Å². The molecule has 2 aliphatic heterocycles. The number of rotatable bonds is 14. The first kappa shape index (κ1) is 33.4. The van der Waals surface area contributed by atoms with Crippen molar-refractivity contribution in [2.45, 2.75) is 107 Å². The van der Waals surface area contributed by atoms with Crippen LogP contribution in [-0.2, 0) is 14.2 Å². The van der Waals surface area contributed by atoms with Crippen LogP contribution in [0.3, 0.4) is 0 Å². The molecule has 0 aromatic heterocycles. The number of amides is 2. The van der Waals surface area contributed by atoms with Crippen LogP contribution in [0.1, 0.15) is 45.4 Å². The molecule has 10 N–H and O–H groups in total. The minimum absolute atomic E-state index is 0.315. The van der Waals surface area contributed by atoms with Gasteiger partial charge in [-0.15, -0.1) is 0 Å². The highest BCUT2D eigenvalue weighted by molar-refractivity contribution is 5.89. The molecule has 0 saturated carbocycles. The molecule has 10 atom stereocenters. The second-order valence-corrected chi connectivity index (χ2v) is 10.4. The average molecular weight is 588 g/mol. The molecule has 3 rings (SSSR count). The molecule has 0 aliphatic carbocycles. The Morgan fingerprint density at radius 3 is 2.07 bits per heavy atom. The van der Waals surface area contributed by atoms with Gasteiger partial charge in [-0.25, -0.2) is 4.79 Å². The Bertz CT molecular complexity index is 907. The van der Waals surface area contributed by atoms with Crippen molar-refractivity contribution < 1.29 is 54.8 Å². The number of urea groups is 1. The third kappa shape index (κ3) is 9.19. The number of nitrogens with one attached hydrogen (secondary N) is 3. The van der Waals surface area contributed by atoms with Crippen LogP contribution >= 0.6 is 0 Å². The lowest BCUT2D eigenvalue weighted by molar-refractivity contribution is -0.340. The Morgan fingerprint density at radius 2 is 1.41 bits per heavy atom. The number of carbonyl (C=O) groups is 1. The quantitative estimate of drug-likeness (QED) is 0.121. The van der Waals surface area contributed by atoms with E-state index in [1.54, 1.807) is 24.3 Å². The highest BCUT2D eigenvalue weighted by Crippen LogP contribution is 2.30. The van der Waals surface area contributed by atoms with Crippen LogP contribution < -0.4 is 16.0 Å². The normalized spacial score (nSPS) is 33.8. The highest BCUT2D eigenvalue weighted by Gasteiger charge is 2.50. The summed E-state index contributed by atoms with van der Waals surface area (Å²) in [7, 11) is 0. The molecule has 14 nitrogen and oxygen atoms in total. The van der Waals surface area contributed by atoms with Crippen molar-refractivity contribution in [3.8, 4) is 0 Å². The second kappa shape index (κ2) is 16.5. The fourth-order valence-corrected chi connectivity index (χ4v) is 4.81. The van der Waals surface area contributed by atoms with E-state index in [4.69, 9.17) is 14.2 Å². The molecule has 2 amide bonds. The van der Waals surface area contributed by atoms with Crippen molar-refractivity contribution in [3.05, 3.63) is 24.3 Å². The van der Waals surface area contributed by atoms with Gasteiger partial charge in [0.15, 0.2) is 12.5 Å². The first-order valence-corrected chi connectivity index (χ1v) is 14.2. The Kier molecular flexibility index (Phi) is 13.4. The van der Waals surface area contributed by atoms with Gasteiger partial charge in [0.25, 0.3) is 0 Å². The third-order valence-corrected chi connectivity index (χ3v) is 7.27. The Labute approximate surface area is 239 Å². The lowest BCUT2D eigenvalue weighted by Crippen LogP contribution is -2.65. The van der Waals surface area contributed by atoms with Gasteiger partial charge in [-0.3, -0.25) is 0 Å². The third-order valence-electron chi connectivity index (χ3n) is 7.27. The molecule has 10 unspecified atom stereocenters. The Morgan fingerprint density at radius 1 is 0.780 bits per heavy atom. The van der Waals surface area contributed by atoms with Crippen molar-refractivity contribution in [1.82, 2.24) is 5.32 Å². The Hall–Kier alpha value is -2.11. The van der Waals surface area contributed by atoms with Gasteiger partial charge in [0.05, 0.1) is 13.2 Å². The molecule has 0 radical (unpaired) electrons. The lowest BCUT2D eigenvalue weighted by Gasteiger charge is -2.46. The first-order chi connectivity index (χ1) is 19.7. The summed E-state index contributed by atoms with van der Waals surface area (Å²) in [5.74, 6) is 0. The fraction of sp³-hybridized carbons (Fsp3) is 0.741. The monoisotopic (exact) mass is 587 g/mol. The first-order valence-electron chi connectivity index (χ1n) is 14.2. The molecule has 14 heteroatoms. The van der Waals surface area contributed by atoms with Gasteiger partial charge in [0, 0.05) is 17.9 Å². The van der Waals surface area contributed by atoms with Gasteiger partial charge < -0.3 is 65.9 Å². The number of benzene rings is 1. The van der Waals surface area contributed by atoms with E-state index in [1.807, 2.05) is 0 Å². The molecule has 1 aromatic rings. The maximum absolute atomic E-state index is 12.1. The summed E-state index contributed by atoms with van der Waals surface area (Å²) in [4.78, 5) is 12.1. The van der Waals surface area contributed by atoms with Crippen LogP contribution in [0.5, 0.6) is 0 Å². The van der Waals surface area contributed by atoms with Crippen molar-refractivity contribution >= 4 is 17.4 Å². The van der Waals surface area contributed by atoms with E-state index in [0.717, 1.165) is 19.3 Å². The van der Waals surface area contributed by atoms with E-state index >= 15 is 0 Å². The molecule has 234 valence electrons. The number of hydrogen-bond acceptors (Lipinski definition) is 12. The van der Waals surface area contributed by atoms with Crippen LogP contribution in [0, 0.1) is 0 Å². The summed E-state index contributed by atoms with van der Waals surface area (Å²) in [5, 5.41) is 79.4. The second-order valence-electron chi connectivity index (χ2n) is 10.4. The number of unbranched alkanes of at least 4 members (excludes halogenated alkanes) is 5. The summed E-state index contributed by atoms with van der Waals surface area (Å²) in [6, 6.07) is 6.25. The Balaban J connectivity index is 1.50. The van der Waals surface area contributed by atoms with Crippen LogP contribution in [0.2, 0.25) is 0 Å². The molecule has 2 aliphatic rings.